The Morgan fingerprint density at radius 1 is 1.36 bits per heavy atom. The molecule has 2 rings (SSSR count). The van der Waals surface area contributed by atoms with Gasteiger partial charge in [-0.3, -0.25) is 0 Å². The molecule has 5 nitrogen and oxygen atoms in total. The Balaban J connectivity index is 1.93. The lowest BCUT2D eigenvalue weighted by atomic mass is 10.3. The van der Waals surface area contributed by atoms with E-state index >= 15 is 0 Å². The van der Waals surface area contributed by atoms with Gasteiger partial charge in [0.05, 0.1) is 12.6 Å². The molecule has 0 aromatic carbocycles. The highest BCUT2D eigenvalue weighted by molar-refractivity contribution is 7.09. The molecule has 0 unspecified atom stereocenters. The Bertz CT molecular complexity index is 638. The number of nitrogens with one attached hydrogen (secondary N) is 1. The smallest absolute Gasteiger partial charge is 0.213 e. The molecular weight excluding hydrogens is 332 g/mol. The minimum absolute atomic E-state index is 0.133. The Labute approximate surface area is 154 Å². The zero-order chi connectivity index (χ0) is 18.1. The van der Waals surface area contributed by atoms with Crippen LogP contribution in [0.4, 0.5) is 0 Å². The first kappa shape index (κ1) is 19.2. The molecule has 2 aromatic rings. The Kier molecular flexibility index (Phi) is 7.73. The van der Waals surface area contributed by atoms with Gasteiger partial charge in [0.2, 0.25) is 5.88 Å². The van der Waals surface area contributed by atoms with Crippen molar-refractivity contribution in [1.82, 2.24) is 15.2 Å². The van der Waals surface area contributed by atoms with Crippen molar-refractivity contribution in [1.29, 1.82) is 0 Å². The Morgan fingerprint density at radius 2 is 2.20 bits per heavy atom. The number of likely N-dealkylation sites (N-methyl/N-ethyl adjacent to an activating group) is 1. The summed E-state index contributed by atoms with van der Waals surface area (Å²) >= 11 is 1.80. The van der Waals surface area contributed by atoms with Gasteiger partial charge in [-0.25, -0.2) is 9.98 Å². The molecule has 0 saturated heterocycles. The molecule has 0 aliphatic rings. The van der Waals surface area contributed by atoms with E-state index in [9.17, 15) is 0 Å². The van der Waals surface area contributed by atoms with E-state index in [1.807, 2.05) is 32.2 Å². The van der Waals surface area contributed by atoms with E-state index in [4.69, 9.17) is 9.73 Å². The minimum Gasteiger partial charge on any atom is -0.475 e. The zero-order valence-corrected chi connectivity index (χ0v) is 16.3. The molecule has 0 amide bonds. The standard InChI is InChI=1S/C19H28N4OS/c1-5-20-19(23(4)11-10-17-7-6-12-25-17)22-14-16-8-9-18(21-13-16)24-15(2)3/h6-9,12-13,15H,5,10-11,14H2,1-4H3,(H,20,22). The van der Waals surface area contributed by atoms with Gasteiger partial charge >= 0.3 is 0 Å². The summed E-state index contributed by atoms with van der Waals surface area (Å²) in [5, 5.41) is 5.47. The quantitative estimate of drug-likeness (QED) is 0.577. The molecule has 0 spiro atoms. The lowest BCUT2D eigenvalue weighted by Gasteiger charge is -2.21. The number of ether oxygens (including phenoxy) is 1. The highest BCUT2D eigenvalue weighted by Gasteiger charge is 2.06. The molecule has 0 radical (unpaired) electrons. The van der Waals surface area contributed by atoms with Crippen LogP contribution in [0.1, 0.15) is 31.2 Å². The number of thiophene rings is 1. The fourth-order valence-corrected chi connectivity index (χ4v) is 2.99. The van der Waals surface area contributed by atoms with Gasteiger partial charge in [0.1, 0.15) is 0 Å². The number of rotatable bonds is 8. The summed E-state index contributed by atoms with van der Waals surface area (Å²) in [5.41, 5.74) is 1.07. The van der Waals surface area contributed by atoms with Gasteiger partial charge in [-0.2, -0.15) is 0 Å². The number of hydrogen-bond acceptors (Lipinski definition) is 4. The van der Waals surface area contributed by atoms with Crippen LogP contribution in [0.3, 0.4) is 0 Å². The van der Waals surface area contributed by atoms with Crippen LogP contribution in [0.5, 0.6) is 5.88 Å². The summed E-state index contributed by atoms with van der Waals surface area (Å²) in [7, 11) is 2.08. The van der Waals surface area contributed by atoms with Gasteiger partial charge in [0, 0.05) is 37.3 Å². The topological polar surface area (TPSA) is 49.8 Å². The molecule has 136 valence electrons. The number of aliphatic imine (C=N–C) groups is 1. The maximum atomic E-state index is 5.57. The summed E-state index contributed by atoms with van der Waals surface area (Å²) in [6, 6.07) is 8.19. The monoisotopic (exact) mass is 360 g/mol. The lowest BCUT2D eigenvalue weighted by molar-refractivity contribution is 0.232. The van der Waals surface area contributed by atoms with Crippen molar-refractivity contribution in [3.05, 3.63) is 46.3 Å². The van der Waals surface area contributed by atoms with Crippen molar-refractivity contribution >= 4 is 17.3 Å². The molecule has 0 fully saturated rings. The van der Waals surface area contributed by atoms with E-state index in [0.29, 0.717) is 12.4 Å². The van der Waals surface area contributed by atoms with Gasteiger partial charge in [0.15, 0.2) is 5.96 Å². The molecule has 0 saturated carbocycles. The van der Waals surface area contributed by atoms with Crippen LogP contribution in [0, 0.1) is 0 Å². The van der Waals surface area contributed by atoms with Crippen molar-refractivity contribution in [3.8, 4) is 5.88 Å². The summed E-state index contributed by atoms with van der Waals surface area (Å²) in [4.78, 5) is 12.6. The van der Waals surface area contributed by atoms with Crippen LogP contribution in [-0.2, 0) is 13.0 Å². The van der Waals surface area contributed by atoms with Crippen molar-refractivity contribution in [2.45, 2.75) is 39.8 Å². The number of nitrogens with zero attached hydrogens (tertiary/aromatic N) is 3. The number of guanidine groups is 1. The molecule has 2 aromatic heterocycles. The molecule has 6 heteroatoms. The summed E-state index contributed by atoms with van der Waals surface area (Å²) in [5.74, 6) is 1.57. The third-order valence-electron chi connectivity index (χ3n) is 3.54. The van der Waals surface area contributed by atoms with Crippen molar-refractivity contribution in [2.24, 2.45) is 4.99 Å². The summed E-state index contributed by atoms with van der Waals surface area (Å²) < 4.78 is 5.57. The first-order valence-electron chi connectivity index (χ1n) is 8.72. The van der Waals surface area contributed by atoms with E-state index in [1.165, 1.54) is 4.88 Å². The van der Waals surface area contributed by atoms with Crippen LogP contribution in [0.15, 0.2) is 40.8 Å². The van der Waals surface area contributed by atoms with E-state index in [-0.39, 0.29) is 6.10 Å². The first-order chi connectivity index (χ1) is 12.1. The van der Waals surface area contributed by atoms with Crippen LogP contribution < -0.4 is 10.1 Å². The molecule has 0 bridgehead atoms. The second-order valence-corrected chi connectivity index (χ2v) is 7.12. The maximum absolute atomic E-state index is 5.57. The second-order valence-electron chi connectivity index (χ2n) is 6.09. The normalized spacial score (nSPS) is 11.6. The van der Waals surface area contributed by atoms with Crippen LogP contribution >= 0.6 is 11.3 Å². The molecule has 1 N–H and O–H groups in total. The lowest BCUT2D eigenvalue weighted by Crippen LogP contribution is -2.39. The average Bonchev–Trinajstić information content (AvgIpc) is 3.11. The van der Waals surface area contributed by atoms with Gasteiger partial charge in [-0.1, -0.05) is 12.1 Å². The van der Waals surface area contributed by atoms with E-state index in [1.54, 1.807) is 11.3 Å². The molecule has 0 aliphatic carbocycles. The van der Waals surface area contributed by atoms with E-state index in [2.05, 4.69) is 46.7 Å². The fourth-order valence-electron chi connectivity index (χ4n) is 2.29. The van der Waals surface area contributed by atoms with Crippen LogP contribution in [0.2, 0.25) is 0 Å². The average molecular weight is 361 g/mol. The molecule has 25 heavy (non-hydrogen) atoms. The van der Waals surface area contributed by atoms with Gasteiger partial charge < -0.3 is 15.0 Å². The van der Waals surface area contributed by atoms with E-state index in [0.717, 1.165) is 31.0 Å². The fraction of sp³-hybridized carbons (Fsp3) is 0.474. The number of pyridine rings is 1. The zero-order valence-electron chi connectivity index (χ0n) is 15.5. The first-order valence-corrected chi connectivity index (χ1v) is 9.60. The van der Waals surface area contributed by atoms with Gasteiger partial charge in [-0.05, 0) is 44.2 Å². The molecule has 0 aliphatic heterocycles. The summed E-state index contributed by atoms with van der Waals surface area (Å²) in [6.45, 7) is 8.46. The minimum atomic E-state index is 0.133. The molecule has 2 heterocycles. The third-order valence-corrected chi connectivity index (χ3v) is 4.47. The predicted molar refractivity (Wildman–Crippen MR) is 105 cm³/mol. The highest BCUT2D eigenvalue weighted by Crippen LogP contribution is 2.11. The second kappa shape index (κ2) is 10.0. The number of aromatic nitrogens is 1. The molecule has 0 atom stereocenters. The predicted octanol–water partition coefficient (Wildman–Crippen LogP) is 3.57. The van der Waals surface area contributed by atoms with Crippen molar-refractivity contribution < 1.29 is 4.74 Å². The Morgan fingerprint density at radius 3 is 2.80 bits per heavy atom. The summed E-state index contributed by atoms with van der Waals surface area (Å²) in [6.07, 6.45) is 2.99. The SMILES string of the molecule is CCNC(=NCc1ccc(OC(C)C)nc1)N(C)CCc1cccs1. The third kappa shape index (κ3) is 6.74. The van der Waals surface area contributed by atoms with Gasteiger partial charge in [-0.15, -0.1) is 11.3 Å². The highest BCUT2D eigenvalue weighted by atomic mass is 32.1. The van der Waals surface area contributed by atoms with Crippen LogP contribution in [0.25, 0.3) is 0 Å². The van der Waals surface area contributed by atoms with Crippen molar-refractivity contribution in [2.75, 3.05) is 20.1 Å². The van der Waals surface area contributed by atoms with Crippen molar-refractivity contribution in [3.63, 3.8) is 0 Å². The van der Waals surface area contributed by atoms with Gasteiger partial charge in [0.25, 0.3) is 0 Å². The van der Waals surface area contributed by atoms with Crippen LogP contribution in [-0.4, -0.2) is 42.1 Å². The number of hydrogen-bond donors (Lipinski definition) is 1. The molecular formula is C19H28N4OS. The Hall–Kier alpha value is -2.08. The van der Waals surface area contributed by atoms with E-state index < -0.39 is 0 Å². The maximum Gasteiger partial charge on any atom is 0.213 e. The largest absolute Gasteiger partial charge is 0.475 e.